The van der Waals surface area contributed by atoms with Crippen LogP contribution >= 0.6 is 0 Å². The molecule has 6 heteroatoms. The van der Waals surface area contributed by atoms with E-state index in [0.717, 1.165) is 11.3 Å². The highest BCUT2D eigenvalue weighted by Gasteiger charge is 2.07. The first-order chi connectivity index (χ1) is 10.7. The molecule has 6 nitrogen and oxygen atoms in total. The van der Waals surface area contributed by atoms with E-state index in [2.05, 4.69) is 15.2 Å². The Labute approximate surface area is 129 Å². The minimum Gasteiger partial charge on any atom is -0.469 e. The lowest BCUT2D eigenvalue weighted by Gasteiger charge is -2.03. The summed E-state index contributed by atoms with van der Waals surface area (Å²) in [5, 5.41) is 7.02. The van der Waals surface area contributed by atoms with Crippen molar-refractivity contribution in [2.24, 2.45) is 0 Å². The van der Waals surface area contributed by atoms with E-state index in [0.29, 0.717) is 19.4 Å². The predicted molar refractivity (Wildman–Crippen MR) is 81.5 cm³/mol. The lowest BCUT2D eigenvalue weighted by atomic mass is 10.2. The molecule has 22 heavy (non-hydrogen) atoms. The van der Waals surface area contributed by atoms with Crippen LogP contribution < -0.4 is 5.32 Å². The molecule has 0 unspecified atom stereocenters. The number of rotatable bonds is 7. The standard InChI is InChI=1S/C16H19N3O3/c1-22-16(21)8-5-9-17-15(20)10-13-11-18-19(12-13)14-6-3-2-4-7-14/h2-4,6-7,11-12H,5,8-10H2,1H3,(H,17,20). The highest BCUT2D eigenvalue weighted by molar-refractivity contribution is 5.78. The molecule has 1 heterocycles. The van der Waals surface area contributed by atoms with Gasteiger partial charge in [0.05, 0.1) is 25.4 Å². The Morgan fingerprint density at radius 3 is 2.77 bits per heavy atom. The van der Waals surface area contributed by atoms with Gasteiger partial charge in [-0.25, -0.2) is 4.68 Å². The van der Waals surface area contributed by atoms with Crippen LogP contribution in [0.3, 0.4) is 0 Å². The fourth-order valence-electron chi connectivity index (χ4n) is 1.98. The first-order valence-corrected chi connectivity index (χ1v) is 7.11. The van der Waals surface area contributed by atoms with Crippen LogP contribution in [0.5, 0.6) is 0 Å². The Balaban J connectivity index is 1.78. The number of aromatic nitrogens is 2. The van der Waals surface area contributed by atoms with Gasteiger partial charge in [-0.1, -0.05) is 18.2 Å². The molecule has 0 fully saturated rings. The molecular weight excluding hydrogens is 282 g/mol. The number of nitrogens with zero attached hydrogens (tertiary/aromatic N) is 2. The topological polar surface area (TPSA) is 73.2 Å². The lowest BCUT2D eigenvalue weighted by Crippen LogP contribution is -2.26. The third-order valence-corrected chi connectivity index (χ3v) is 3.13. The highest BCUT2D eigenvalue weighted by atomic mass is 16.5. The van der Waals surface area contributed by atoms with Gasteiger partial charge < -0.3 is 10.1 Å². The molecule has 0 radical (unpaired) electrons. The van der Waals surface area contributed by atoms with Crippen LogP contribution in [0.15, 0.2) is 42.7 Å². The van der Waals surface area contributed by atoms with Gasteiger partial charge in [0.25, 0.3) is 0 Å². The lowest BCUT2D eigenvalue weighted by molar-refractivity contribution is -0.140. The third-order valence-electron chi connectivity index (χ3n) is 3.13. The summed E-state index contributed by atoms with van der Waals surface area (Å²) in [6, 6.07) is 9.71. The maximum absolute atomic E-state index is 11.8. The number of para-hydroxylation sites is 1. The summed E-state index contributed by atoms with van der Waals surface area (Å²) in [6.45, 7) is 0.459. The maximum atomic E-state index is 11.8. The zero-order chi connectivity index (χ0) is 15.8. The molecule has 0 aliphatic rings. The second kappa shape index (κ2) is 7.97. The Morgan fingerprint density at radius 1 is 1.27 bits per heavy atom. The Kier molecular flexibility index (Phi) is 5.71. The largest absolute Gasteiger partial charge is 0.469 e. The van der Waals surface area contributed by atoms with Crippen molar-refractivity contribution in [1.29, 1.82) is 0 Å². The summed E-state index contributed by atoms with van der Waals surface area (Å²) < 4.78 is 6.27. The quantitative estimate of drug-likeness (QED) is 0.621. The average Bonchev–Trinajstić information content (AvgIpc) is 3.00. The minimum absolute atomic E-state index is 0.0857. The minimum atomic E-state index is -0.265. The molecule has 0 spiro atoms. The number of benzene rings is 1. The van der Waals surface area contributed by atoms with Crippen molar-refractivity contribution in [1.82, 2.24) is 15.1 Å². The summed E-state index contributed by atoms with van der Waals surface area (Å²) in [5.74, 6) is -0.351. The second-order valence-electron chi connectivity index (χ2n) is 4.84. The van der Waals surface area contributed by atoms with Crippen molar-refractivity contribution in [3.8, 4) is 5.69 Å². The molecule has 1 N–H and O–H groups in total. The van der Waals surface area contributed by atoms with Crippen molar-refractivity contribution < 1.29 is 14.3 Å². The summed E-state index contributed by atoms with van der Waals surface area (Å²) in [6.07, 6.45) is 4.67. The van der Waals surface area contributed by atoms with E-state index in [4.69, 9.17) is 0 Å². The first-order valence-electron chi connectivity index (χ1n) is 7.11. The van der Waals surface area contributed by atoms with Crippen molar-refractivity contribution in [2.75, 3.05) is 13.7 Å². The van der Waals surface area contributed by atoms with E-state index in [1.807, 2.05) is 36.5 Å². The number of carbonyl (C=O) groups excluding carboxylic acids is 2. The normalized spacial score (nSPS) is 10.2. The van der Waals surface area contributed by atoms with Gasteiger partial charge in [0.2, 0.25) is 5.91 Å². The summed E-state index contributed by atoms with van der Waals surface area (Å²) >= 11 is 0. The van der Waals surface area contributed by atoms with E-state index in [1.165, 1.54) is 7.11 Å². The van der Waals surface area contributed by atoms with E-state index >= 15 is 0 Å². The SMILES string of the molecule is COC(=O)CCCNC(=O)Cc1cnn(-c2ccccc2)c1. The smallest absolute Gasteiger partial charge is 0.305 e. The fourth-order valence-corrected chi connectivity index (χ4v) is 1.98. The number of ether oxygens (including phenoxy) is 1. The van der Waals surface area contributed by atoms with E-state index < -0.39 is 0 Å². The zero-order valence-electron chi connectivity index (χ0n) is 12.5. The van der Waals surface area contributed by atoms with Gasteiger partial charge in [-0.2, -0.15) is 5.10 Å². The average molecular weight is 301 g/mol. The summed E-state index contributed by atoms with van der Waals surface area (Å²) in [7, 11) is 1.35. The third kappa shape index (κ3) is 4.73. The molecule has 1 amide bonds. The molecule has 1 aromatic heterocycles. The Hall–Kier alpha value is -2.63. The van der Waals surface area contributed by atoms with Crippen LogP contribution in [-0.2, 0) is 20.7 Å². The number of esters is 1. The van der Waals surface area contributed by atoms with E-state index in [-0.39, 0.29) is 18.3 Å². The molecule has 0 atom stereocenters. The number of hydrogen-bond donors (Lipinski definition) is 1. The molecule has 0 saturated heterocycles. The molecule has 2 aromatic rings. The van der Waals surface area contributed by atoms with Crippen molar-refractivity contribution >= 4 is 11.9 Å². The molecule has 0 bridgehead atoms. The van der Waals surface area contributed by atoms with Gasteiger partial charge in [0.15, 0.2) is 0 Å². The monoisotopic (exact) mass is 301 g/mol. The van der Waals surface area contributed by atoms with Gasteiger partial charge in [0.1, 0.15) is 0 Å². The van der Waals surface area contributed by atoms with Gasteiger partial charge in [-0.3, -0.25) is 9.59 Å². The van der Waals surface area contributed by atoms with Crippen molar-refractivity contribution in [3.05, 3.63) is 48.3 Å². The molecular formula is C16H19N3O3. The maximum Gasteiger partial charge on any atom is 0.305 e. The Bertz CT molecular complexity index is 623. The van der Waals surface area contributed by atoms with Crippen LogP contribution in [0.1, 0.15) is 18.4 Å². The Morgan fingerprint density at radius 2 is 2.05 bits per heavy atom. The molecule has 0 aliphatic heterocycles. The van der Waals surface area contributed by atoms with E-state index in [9.17, 15) is 9.59 Å². The number of hydrogen-bond acceptors (Lipinski definition) is 4. The van der Waals surface area contributed by atoms with E-state index in [1.54, 1.807) is 10.9 Å². The summed E-state index contributed by atoms with van der Waals surface area (Å²) in [4.78, 5) is 22.7. The molecule has 2 rings (SSSR count). The first kappa shape index (κ1) is 15.8. The van der Waals surface area contributed by atoms with Crippen LogP contribution in [0.2, 0.25) is 0 Å². The predicted octanol–water partition coefficient (Wildman–Crippen LogP) is 1.48. The van der Waals surface area contributed by atoms with Crippen LogP contribution in [-0.4, -0.2) is 35.3 Å². The van der Waals surface area contributed by atoms with Crippen LogP contribution in [0, 0.1) is 0 Å². The van der Waals surface area contributed by atoms with Gasteiger partial charge >= 0.3 is 5.97 Å². The molecule has 0 aliphatic carbocycles. The molecule has 1 aromatic carbocycles. The number of methoxy groups -OCH3 is 1. The molecule has 0 saturated carbocycles. The molecule has 116 valence electrons. The fraction of sp³-hybridized carbons (Fsp3) is 0.312. The van der Waals surface area contributed by atoms with Gasteiger partial charge in [-0.05, 0) is 24.1 Å². The zero-order valence-corrected chi connectivity index (χ0v) is 12.5. The number of carbonyl (C=O) groups is 2. The highest BCUT2D eigenvalue weighted by Crippen LogP contribution is 2.08. The van der Waals surface area contributed by atoms with Crippen LogP contribution in [0.4, 0.5) is 0 Å². The number of nitrogens with one attached hydrogen (secondary N) is 1. The van der Waals surface area contributed by atoms with Crippen molar-refractivity contribution in [3.63, 3.8) is 0 Å². The second-order valence-corrected chi connectivity index (χ2v) is 4.84. The van der Waals surface area contributed by atoms with Gasteiger partial charge in [-0.15, -0.1) is 0 Å². The van der Waals surface area contributed by atoms with Gasteiger partial charge in [0, 0.05) is 19.2 Å². The number of amides is 1. The summed E-state index contributed by atoms with van der Waals surface area (Å²) in [5.41, 5.74) is 1.79. The van der Waals surface area contributed by atoms with Crippen LogP contribution in [0.25, 0.3) is 5.69 Å². The van der Waals surface area contributed by atoms with Crippen molar-refractivity contribution in [2.45, 2.75) is 19.3 Å².